The fraction of sp³-hybridized carbons (Fsp3) is 0.294. The lowest BCUT2D eigenvalue weighted by molar-refractivity contribution is -0.120. The molecule has 1 aromatic carbocycles. The van der Waals surface area contributed by atoms with Crippen LogP contribution in [0.2, 0.25) is 10.0 Å². The Kier molecular flexibility index (Phi) is 6.25. The largest absolute Gasteiger partial charge is 0.339 e. The predicted molar refractivity (Wildman–Crippen MR) is 96.7 cm³/mol. The third-order valence-corrected chi connectivity index (χ3v) is 4.13. The highest BCUT2D eigenvalue weighted by atomic mass is 35.5. The molecule has 2 N–H and O–H groups in total. The van der Waals surface area contributed by atoms with Crippen molar-refractivity contribution in [2.75, 3.05) is 10.6 Å². The molecule has 23 heavy (non-hydrogen) atoms. The summed E-state index contributed by atoms with van der Waals surface area (Å²) < 4.78 is 0. The molecular formula is C17H19Cl2N3O. The minimum atomic E-state index is 0.0262. The van der Waals surface area contributed by atoms with Crippen LogP contribution in [-0.4, -0.2) is 10.9 Å². The van der Waals surface area contributed by atoms with Crippen molar-refractivity contribution >= 4 is 46.3 Å². The van der Waals surface area contributed by atoms with Crippen LogP contribution in [0.3, 0.4) is 0 Å². The van der Waals surface area contributed by atoms with Crippen LogP contribution in [0.5, 0.6) is 0 Å². The number of nitrogens with zero attached hydrogens (tertiary/aromatic N) is 1. The zero-order valence-corrected chi connectivity index (χ0v) is 14.6. The van der Waals surface area contributed by atoms with E-state index < -0.39 is 0 Å². The summed E-state index contributed by atoms with van der Waals surface area (Å²) in [6, 6.07) is 8.79. The lowest BCUT2D eigenvalue weighted by Gasteiger charge is -2.13. The van der Waals surface area contributed by atoms with E-state index in [1.807, 2.05) is 13.8 Å². The van der Waals surface area contributed by atoms with E-state index in [9.17, 15) is 4.79 Å². The minimum Gasteiger partial charge on any atom is -0.339 e. The topological polar surface area (TPSA) is 54.0 Å². The summed E-state index contributed by atoms with van der Waals surface area (Å²) in [7, 11) is 0. The SMILES string of the molecule is CCC(CC)C(=O)Nc1ccc(Nc2ccc(Cl)cc2Cl)nc1. The summed E-state index contributed by atoms with van der Waals surface area (Å²) in [5.41, 5.74) is 1.40. The Balaban J connectivity index is 2.03. The van der Waals surface area contributed by atoms with Crippen LogP contribution in [0.25, 0.3) is 0 Å². The first kappa shape index (κ1) is 17.6. The zero-order valence-electron chi connectivity index (χ0n) is 13.1. The third-order valence-electron chi connectivity index (χ3n) is 3.58. The number of benzene rings is 1. The Labute approximate surface area is 146 Å². The van der Waals surface area contributed by atoms with Gasteiger partial charge in [0, 0.05) is 10.9 Å². The smallest absolute Gasteiger partial charge is 0.227 e. The van der Waals surface area contributed by atoms with Gasteiger partial charge in [-0.1, -0.05) is 37.0 Å². The van der Waals surface area contributed by atoms with Crippen molar-refractivity contribution in [1.82, 2.24) is 4.98 Å². The van der Waals surface area contributed by atoms with Crippen LogP contribution >= 0.6 is 23.2 Å². The normalized spacial score (nSPS) is 10.7. The Morgan fingerprint density at radius 2 is 1.91 bits per heavy atom. The highest BCUT2D eigenvalue weighted by Crippen LogP contribution is 2.27. The van der Waals surface area contributed by atoms with Gasteiger partial charge in [0.2, 0.25) is 5.91 Å². The van der Waals surface area contributed by atoms with Gasteiger partial charge in [0.05, 0.1) is 22.6 Å². The molecule has 1 heterocycles. The molecular weight excluding hydrogens is 333 g/mol. The fourth-order valence-corrected chi connectivity index (χ4v) is 2.63. The average molecular weight is 352 g/mol. The van der Waals surface area contributed by atoms with Gasteiger partial charge in [-0.3, -0.25) is 4.79 Å². The minimum absolute atomic E-state index is 0.0262. The molecule has 122 valence electrons. The van der Waals surface area contributed by atoms with E-state index in [0.717, 1.165) is 18.5 Å². The van der Waals surface area contributed by atoms with Gasteiger partial charge in [-0.25, -0.2) is 4.98 Å². The maximum atomic E-state index is 12.0. The number of hydrogen-bond donors (Lipinski definition) is 2. The van der Waals surface area contributed by atoms with E-state index in [1.54, 1.807) is 36.5 Å². The zero-order chi connectivity index (χ0) is 16.8. The quantitative estimate of drug-likeness (QED) is 0.721. The summed E-state index contributed by atoms with van der Waals surface area (Å²) in [6.45, 7) is 4.02. The average Bonchev–Trinajstić information content (AvgIpc) is 2.53. The molecule has 0 saturated carbocycles. The number of rotatable bonds is 6. The Morgan fingerprint density at radius 3 is 2.48 bits per heavy atom. The first-order chi connectivity index (χ1) is 11.0. The molecule has 1 amide bonds. The van der Waals surface area contributed by atoms with Crippen molar-refractivity contribution < 1.29 is 4.79 Å². The maximum Gasteiger partial charge on any atom is 0.227 e. The van der Waals surface area contributed by atoms with Crippen LogP contribution in [0, 0.1) is 5.92 Å². The maximum absolute atomic E-state index is 12.0. The molecule has 0 fully saturated rings. The van der Waals surface area contributed by atoms with Gasteiger partial charge < -0.3 is 10.6 Å². The predicted octanol–water partition coefficient (Wildman–Crippen LogP) is 5.51. The molecule has 2 rings (SSSR count). The number of aromatic nitrogens is 1. The van der Waals surface area contributed by atoms with Crippen LogP contribution in [0.1, 0.15) is 26.7 Å². The first-order valence-electron chi connectivity index (χ1n) is 7.52. The molecule has 1 aromatic heterocycles. The number of hydrogen-bond acceptors (Lipinski definition) is 3. The van der Waals surface area contributed by atoms with E-state index >= 15 is 0 Å². The molecule has 0 aliphatic rings. The van der Waals surface area contributed by atoms with Crippen molar-refractivity contribution in [2.24, 2.45) is 5.92 Å². The van der Waals surface area contributed by atoms with E-state index in [4.69, 9.17) is 23.2 Å². The number of halogens is 2. The Morgan fingerprint density at radius 1 is 1.17 bits per heavy atom. The molecule has 0 radical (unpaired) electrons. The summed E-state index contributed by atoms with van der Waals surface area (Å²) in [5.74, 6) is 0.689. The van der Waals surface area contributed by atoms with Gasteiger partial charge in [-0.2, -0.15) is 0 Å². The summed E-state index contributed by atoms with van der Waals surface area (Å²) in [4.78, 5) is 16.3. The number of pyridine rings is 1. The molecule has 0 saturated heterocycles. The van der Waals surface area contributed by atoms with Gasteiger partial charge in [0.25, 0.3) is 0 Å². The highest BCUT2D eigenvalue weighted by Gasteiger charge is 2.14. The number of carbonyl (C=O) groups excluding carboxylic acids is 1. The van der Waals surface area contributed by atoms with Crippen molar-refractivity contribution in [3.8, 4) is 0 Å². The Bertz CT molecular complexity index is 670. The lowest BCUT2D eigenvalue weighted by atomic mass is 10.0. The van der Waals surface area contributed by atoms with Crippen molar-refractivity contribution in [3.63, 3.8) is 0 Å². The molecule has 6 heteroatoms. The molecule has 0 aliphatic carbocycles. The number of anilines is 3. The van der Waals surface area contributed by atoms with Gasteiger partial charge in [0.15, 0.2) is 0 Å². The van der Waals surface area contributed by atoms with Crippen molar-refractivity contribution in [3.05, 3.63) is 46.6 Å². The van der Waals surface area contributed by atoms with Crippen molar-refractivity contribution in [2.45, 2.75) is 26.7 Å². The Hall–Kier alpha value is -1.78. The second-order valence-electron chi connectivity index (χ2n) is 5.18. The molecule has 4 nitrogen and oxygen atoms in total. The van der Waals surface area contributed by atoms with Crippen LogP contribution in [0.15, 0.2) is 36.5 Å². The van der Waals surface area contributed by atoms with Crippen LogP contribution in [-0.2, 0) is 4.79 Å². The van der Waals surface area contributed by atoms with E-state index in [-0.39, 0.29) is 11.8 Å². The van der Waals surface area contributed by atoms with Gasteiger partial charge >= 0.3 is 0 Å². The van der Waals surface area contributed by atoms with E-state index in [0.29, 0.717) is 21.6 Å². The van der Waals surface area contributed by atoms with Gasteiger partial charge in [-0.05, 0) is 43.2 Å². The number of carbonyl (C=O) groups is 1. The second-order valence-corrected chi connectivity index (χ2v) is 6.03. The molecule has 0 aliphatic heterocycles. The van der Waals surface area contributed by atoms with E-state index in [2.05, 4.69) is 15.6 Å². The second kappa shape index (κ2) is 8.18. The summed E-state index contributed by atoms with van der Waals surface area (Å²) in [6.07, 6.45) is 3.27. The molecule has 0 atom stereocenters. The van der Waals surface area contributed by atoms with Gasteiger partial charge in [0.1, 0.15) is 5.82 Å². The molecule has 0 bridgehead atoms. The van der Waals surface area contributed by atoms with Crippen molar-refractivity contribution in [1.29, 1.82) is 0 Å². The monoisotopic (exact) mass is 351 g/mol. The third kappa shape index (κ3) is 4.85. The lowest BCUT2D eigenvalue weighted by Crippen LogP contribution is -2.21. The summed E-state index contributed by atoms with van der Waals surface area (Å²) >= 11 is 12.0. The standard InChI is InChI=1S/C17H19Cl2N3O/c1-3-11(4-2)17(23)21-13-6-8-16(20-10-13)22-15-7-5-12(18)9-14(15)19/h5-11H,3-4H2,1-2H3,(H,20,22)(H,21,23). The molecule has 2 aromatic rings. The number of amides is 1. The highest BCUT2D eigenvalue weighted by molar-refractivity contribution is 6.36. The fourth-order valence-electron chi connectivity index (χ4n) is 2.17. The van der Waals surface area contributed by atoms with Crippen LogP contribution < -0.4 is 10.6 Å². The summed E-state index contributed by atoms with van der Waals surface area (Å²) in [5, 5.41) is 7.09. The van der Waals surface area contributed by atoms with E-state index in [1.165, 1.54) is 0 Å². The molecule has 0 unspecified atom stereocenters. The molecule has 0 spiro atoms. The van der Waals surface area contributed by atoms with Gasteiger partial charge in [-0.15, -0.1) is 0 Å². The number of nitrogens with one attached hydrogen (secondary N) is 2. The van der Waals surface area contributed by atoms with Crippen LogP contribution in [0.4, 0.5) is 17.2 Å². The first-order valence-corrected chi connectivity index (χ1v) is 8.28.